The normalized spacial score (nSPS) is 10.4. The monoisotopic (exact) mass is 370 g/mol. The highest BCUT2D eigenvalue weighted by atomic mass is 35.5. The van der Waals surface area contributed by atoms with Crippen molar-refractivity contribution in [3.8, 4) is 17.6 Å². The van der Waals surface area contributed by atoms with Crippen molar-refractivity contribution in [3.05, 3.63) is 64.2 Å². The van der Waals surface area contributed by atoms with Crippen LogP contribution in [-0.2, 0) is 11.3 Å². The van der Waals surface area contributed by atoms with E-state index in [1.807, 2.05) is 6.92 Å². The van der Waals surface area contributed by atoms with E-state index in [1.54, 1.807) is 42.5 Å². The zero-order valence-corrected chi connectivity index (χ0v) is 15.3. The van der Waals surface area contributed by atoms with Crippen LogP contribution in [0.5, 0.6) is 11.5 Å². The van der Waals surface area contributed by atoms with Crippen LogP contribution in [0.25, 0.3) is 6.08 Å². The molecule has 0 aromatic heterocycles. The lowest BCUT2D eigenvalue weighted by molar-refractivity contribution is -0.116. The van der Waals surface area contributed by atoms with Gasteiger partial charge in [0.1, 0.15) is 0 Å². The Morgan fingerprint density at radius 3 is 2.65 bits per heavy atom. The lowest BCUT2D eigenvalue weighted by Crippen LogP contribution is -2.20. The molecule has 1 N–H and O–H groups in total. The molecule has 2 aromatic rings. The van der Waals surface area contributed by atoms with Crippen molar-refractivity contribution < 1.29 is 14.3 Å². The number of halogens is 1. The van der Waals surface area contributed by atoms with E-state index in [2.05, 4.69) is 11.4 Å². The molecule has 0 saturated carbocycles. The van der Waals surface area contributed by atoms with Crippen LogP contribution in [0.15, 0.2) is 42.5 Å². The van der Waals surface area contributed by atoms with E-state index >= 15 is 0 Å². The molecule has 0 aliphatic rings. The van der Waals surface area contributed by atoms with Gasteiger partial charge in [-0.05, 0) is 48.4 Å². The largest absolute Gasteiger partial charge is 0.491 e. The van der Waals surface area contributed by atoms with Crippen molar-refractivity contribution in [3.63, 3.8) is 0 Å². The number of amides is 1. The molecule has 0 atom stereocenters. The minimum absolute atomic E-state index is 0.237. The van der Waals surface area contributed by atoms with Gasteiger partial charge in [-0.3, -0.25) is 4.79 Å². The highest BCUT2D eigenvalue weighted by Crippen LogP contribution is 2.36. The predicted octanol–water partition coefficient (Wildman–Crippen LogP) is 3.95. The van der Waals surface area contributed by atoms with Crippen molar-refractivity contribution in [2.75, 3.05) is 13.7 Å². The summed E-state index contributed by atoms with van der Waals surface area (Å²) < 4.78 is 10.7. The summed E-state index contributed by atoms with van der Waals surface area (Å²) in [5, 5.41) is 12.0. The van der Waals surface area contributed by atoms with Crippen LogP contribution in [0.1, 0.15) is 23.6 Å². The van der Waals surface area contributed by atoms with Crippen LogP contribution in [0, 0.1) is 11.3 Å². The van der Waals surface area contributed by atoms with Crippen LogP contribution in [0.2, 0.25) is 5.02 Å². The summed E-state index contributed by atoms with van der Waals surface area (Å²) in [6.45, 7) is 2.72. The molecule has 0 saturated heterocycles. The molecule has 1 amide bonds. The van der Waals surface area contributed by atoms with Gasteiger partial charge in [-0.15, -0.1) is 0 Å². The first-order valence-electron chi connectivity index (χ1n) is 8.02. The van der Waals surface area contributed by atoms with Gasteiger partial charge >= 0.3 is 0 Å². The fourth-order valence-corrected chi connectivity index (χ4v) is 2.56. The fourth-order valence-electron chi connectivity index (χ4n) is 2.26. The number of nitrogens with one attached hydrogen (secondary N) is 1. The third kappa shape index (κ3) is 5.27. The Balaban J connectivity index is 2.01. The third-order valence-corrected chi connectivity index (χ3v) is 3.79. The number of carbonyl (C=O) groups is 1. The van der Waals surface area contributed by atoms with E-state index in [-0.39, 0.29) is 5.91 Å². The van der Waals surface area contributed by atoms with E-state index < -0.39 is 0 Å². The SMILES string of the molecule is CCOc1cc(/C=C/C(=O)NCc2ccc(C#N)cc2)cc(Cl)c1OC. The minimum atomic E-state index is -0.237. The number of benzene rings is 2. The number of methoxy groups -OCH3 is 1. The molecule has 0 fully saturated rings. The third-order valence-electron chi connectivity index (χ3n) is 3.51. The van der Waals surface area contributed by atoms with Crippen molar-refractivity contribution >= 4 is 23.6 Å². The first-order valence-corrected chi connectivity index (χ1v) is 8.40. The summed E-state index contributed by atoms with van der Waals surface area (Å²) in [5.74, 6) is 0.760. The molecule has 26 heavy (non-hydrogen) atoms. The van der Waals surface area contributed by atoms with Crippen molar-refractivity contribution in [1.29, 1.82) is 5.26 Å². The summed E-state index contributed by atoms with van der Waals surface area (Å²) in [6, 6.07) is 12.6. The van der Waals surface area contributed by atoms with Crippen LogP contribution in [0.3, 0.4) is 0 Å². The molecule has 0 aliphatic carbocycles. The van der Waals surface area contributed by atoms with Gasteiger partial charge in [0, 0.05) is 12.6 Å². The van der Waals surface area contributed by atoms with Gasteiger partial charge in [0.2, 0.25) is 5.91 Å². The maximum absolute atomic E-state index is 12.0. The van der Waals surface area contributed by atoms with E-state index in [0.717, 1.165) is 11.1 Å². The number of ether oxygens (including phenoxy) is 2. The van der Waals surface area contributed by atoms with Gasteiger partial charge in [-0.25, -0.2) is 0 Å². The van der Waals surface area contributed by atoms with Crippen LogP contribution in [-0.4, -0.2) is 19.6 Å². The lowest BCUT2D eigenvalue weighted by Gasteiger charge is -2.11. The minimum Gasteiger partial charge on any atom is -0.491 e. The second-order valence-corrected chi connectivity index (χ2v) is 5.73. The Hall–Kier alpha value is -2.97. The molecule has 0 radical (unpaired) electrons. The van der Waals surface area contributed by atoms with Crippen LogP contribution < -0.4 is 14.8 Å². The van der Waals surface area contributed by atoms with Crippen molar-refractivity contribution in [2.45, 2.75) is 13.5 Å². The molecular formula is C20H19ClN2O3. The van der Waals surface area contributed by atoms with Gasteiger partial charge in [0.15, 0.2) is 11.5 Å². The molecule has 0 bridgehead atoms. The van der Waals surface area contributed by atoms with E-state index in [0.29, 0.717) is 35.2 Å². The zero-order valence-electron chi connectivity index (χ0n) is 14.6. The second-order valence-electron chi connectivity index (χ2n) is 5.33. The second kappa shape index (κ2) is 9.50. The highest BCUT2D eigenvalue weighted by Gasteiger charge is 2.10. The van der Waals surface area contributed by atoms with Gasteiger partial charge in [-0.2, -0.15) is 5.26 Å². The molecule has 0 heterocycles. The molecule has 2 rings (SSSR count). The quantitative estimate of drug-likeness (QED) is 0.749. The van der Waals surface area contributed by atoms with Gasteiger partial charge in [0.05, 0.1) is 30.4 Å². The smallest absolute Gasteiger partial charge is 0.244 e. The summed E-state index contributed by atoms with van der Waals surface area (Å²) in [7, 11) is 1.52. The summed E-state index contributed by atoms with van der Waals surface area (Å²) in [4.78, 5) is 12.0. The maximum Gasteiger partial charge on any atom is 0.244 e. The molecule has 2 aromatic carbocycles. The van der Waals surface area contributed by atoms with Crippen LogP contribution >= 0.6 is 11.6 Å². The Labute approximate surface area is 157 Å². The molecule has 0 spiro atoms. The molecule has 134 valence electrons. The number of rotatable bonds is 7. The van der Waals surface area contributed by atoms with Crippen molar-refractivity contribution in [1.82, 2.24) is 5.32 Å². The molecule has 0 unspecified atom stereocenters. The maximum atomic E-state index is 12.0. The van der Waals surface area contributed by atoms with Crippen LogP contribution in [0.4, 0.5) is 0 Å². The topological polar surface area (TPSA) is 71.3 Å². The average molecular weight is 371 g/mol. The Morgan fingerprint density at radius 1 is 1.31 bits per heavy atom. The summed E-state index contributed by atoms with van der Waals surface area (Å²) >= 11 is 6.19. The summed E-state index contributed by atoms with van der Waals surface area (Å²) in [5.41, 5.74) is 2.23. The zero-order chi connectivity index (χ0) is 18.9. The molecule has 6 heteroatoms. The first kappa shape index (κ1) is 19.4. The van der Waals surface area contributed by atoms with Crippen molar-refractivity contribution in [2.24, 2.45) is 0 Å². The predicted molar refractivity (Wildman–Crippen MR) is 101 cm³/mol. The fraction of sp³-hybridized carbons (Fsp3) is 0.200. The van der Waals surface area contributed by atoms with Gasteiger partial charge < -0.3 is 14.8 Å². The summed E-state index contributed by atoms with van der Waals surface area (Å²) in [6.07, 6.45) is 3.08. The van der Waals surface area contributed by atoms with E-state index in [9.17, 15) is 4.79 Å². The highest BCUT2D eigenvalue weighted by molar-refractivity contribution is 6.32. The molecule has 0 aliphatic heterocycles. The Morgan fingerprint density at radius 2 is 2.04 bits per heavy atom. The molecular weight excluding hydrogens is 352 g/mol. The number of nitrogens with zero attached hydrogens (tertiary/aromatic N) is 1. The number of hydrogen-bond donors (Lipinski definition) is 1. The number of carbonyl (C=O) groups excluding carboxylic acids is 1. The molecule has 5 nitrogen and oxygen atoms in total. The van der Waals surface area contributed by atoms with E-state index in [4.69, 9.17) is 26.3 Å². The lowest BCUT2D eigenvalue weighted by atomic mass is 10.1. The number of nitriles is 1. The van der Waals surface area contributed by atoms with Gasteiger partial charge in [-0.1, -0.05) is 23.7 Å². The Kier molecular flexibility index (Phi) is 7.07. The van der Waals surface area contributed by atoms with Gasteiger partial charge in [0.25, 0.3) is 0 Å². The first-order chi connectivity index (χ1) is 12.6. The standard InChI is InChI=1S/C20H19ClN2O3/c1-3-26-18-11-16(10-17(21)20(18)25-2)8-9-19(24)23-13-15-6-4-14(12-22)5-7-15/h4-11H,3,13H2,1-2H3,(H,23,24)/b9-8+. The van der Waals surface area contributed by atoms with E-state index in [1.165, 1.54) is 13.2 Å². The Bertz CT molecular complexity index is 839. The average Bonchev–Trinajstić information content (AvgIpc) is 2.65. The number of hydrogen-bond acceptors (Lipinski definition) is 4.